The fourth-order valence-corrected chi connectivity index (χ4v) is 6.52. The van der Waals surface area contributed by atoms with E-state index in [4.69, 9.17) is 21.3 Å². The van der Waals surface area contributed by atoms with Gasteiger partial charge in [0.15, 0.2) is 0 Å². The summed E-state index contributed by atoms with van der Waals surface area (Å²) in [5.41, 5.74) is 5.20. The van der Waals surface area contributed by atoms with Crippen molar-refractivity contribution in [1.82, 2.24) is 9.55 Å². The molecule has 4 aromatic carbocycles. The summed E-state index contributed by atoms with van der Waals surface area (Å²) in [6.45, 7) is 3.86. The van der Waals surface area contributed by atoms with E-state index in [0.29, 0.717) is 27.7 Å². The van der Waals surface area contributed by atoms with Crippen LogP contribution in [0.2, 0.25) is 5.02 Å². The lowest BCUT2D eigenvalue weighted by atomic mass is 9.94. The summed E-state index contributed by atoms with van der Waals surface area (Å²) in [7, 11) is 1.75. The van der Waals surface area contributed by atoms with E-state index in [-0.39, 0.29) is 30.0 Å². The molecular weight excluding hydrogens is 617 g/mol. The van der Waals surface area contributed by atoms with Gasteiger partial charge in [-0.05, 0) is 84.1 Å². The van der Waals surface area contributed by atoms with Crippen LogP contribution in [0.5, 0.6) is 5.75 Å². The molecule has 0 saturated heterocycles. The van der Waals surface area contributed by atoms with Crippen LogP contribution in [0.4, 0.5) is 10.1 Å². The third-order valence-electron chi connectivity index (χ3n) is 8.91. The van der Waals surface area contributed by atoms with Crippen molar-refractivity contribution in [2.24, 2.45) is 5.92 Å². The number of anilines is 1. The Hall–Kier alpha value is -4.69. The number of aromatic nitrogens is 2. The van der Waals surface area contributed by atoms with Gasteiger partial charge in [0, 0.05) is 35.8 Å². The van der Waals surface area contributed by atoms with Crippen molar-refractivity contribution in [2.75, 3.05) is 11.9 Å². The summed E-state index contributed by atoms with van der Waals surface area (Å²) in [6.07, 6.45) is 5.22. The molecule has 1 aliphatic carbocycles. The number of imidazole rings is 1. The monoisotopic (exact) mass is 653 g/mol. The quantitative estimate of drug-likeness (QED) is 0.171. The Kier molecular flexibility index (Phi) is 9.32. The van der Waals surface area contributed by atoms with E-state index in [1.165, 1.54) is 6.07 Å². The topological polar surface area (TPSA) is 84.7 Å². The van der Waals surface area contributed by atoms with Gasteiger partial charge in [-0.1, -0.05) is 62.9 Å². The Bertz CT molecular complexity index is 1950. The first-order valence-corrected chi connectivity index (χ1v) is 16.3. The number of hydrogen-bond donors (Lipinski definition) is 1. The number of carboxylic acid groups (broad SMARTS) is 1. The highest BCUT2D eigenvalue weighted by atomic mass is 35.5. The van der Waals surface area contributed by atoms with Gasteiger partial charge in [0.2, 0.25) is 5.91 Å². The molecule has 1 fully saturated rings. The molecule has 9 heteroatoms. The first kappa shape index (κ1) is 32.3. The predicted molar refractivity (Wildman–Crippen MR) is 184 cm³/mol. The Morgan fingerprint density at radius 1 is 0.979 bits per heavy atom. The molecule has 0 atom stereocenters. The van der Waals surface area contributed by atoms with Crippen LogP contribution in [0.1, 0.15) is 67.9 Å². The Balaban J connectivity index is 1.33. The lowest BCUT2D eigenvalue weighted by Gasteiger charge is -2.26. The second kappa shape index (κ2) is 13.6. The normalized spacial score (nSPS) is 13.7. The predicted octanol–water partition coefficient (Wildman–Crippen LogP) is 9.56. The third-order valence-corrected chi connectivity index (χ3v) is 9.16. The van der Waals surface area contributed by atoms with Crippen LogP contribution in [-0.4, -0.2) is 33.6 Å². The Morgan fingerprint density at radius 2 is 1.70 bits per heavy atom. The third kappa shape index (κ3) is 6.74. The number of ether oxygens (including phenoxy) is 1. The van der Waals surface area contributed by atoms with Gasteiger partial charge in [0.25, 0.3) is 0 Å². The van der Waals surface area contributed by atoms with Crippen molar-refractivity contribution in [2.45, 2.75) is 58.6 Å². The number of aromatic carboxylic acids is 1. The van der Waals surface area contributed by atoms with Crippen LogP contribution in [0.25, 0.3) is 33.5 Å². The van der Waals surface area contributed by atoms with Crippen molar-refractivity contribution in [3.8, 4) is 28.3 Å². The van der Waals surface area contributed by atoms with Crippen molar-refractivity contribution in [3.63, 3.8) is 0 Å². The van der Waals surface area contributed by atoms with Gasteiger partial charge in [0.1, 0.15) is 24.0 Å². The molecule has 1 amide bonds. The molecule has 242 valence electrons. The van der Waals surface area contributed by atoms with E-state index in [9.17, 15) is 14.7 Å². The molecule has 0 unspecified atom stereocenters. The molecule has 0 bridgehead atoms. The molecule has 5 aromatic rings. The number of rotatable bonds is 9. The summed E-state index contributed by atoms with van der Waals surface area (Å²) >= 11 is 6.15. The molecular formula is C38H37ClFN3O4. The zero-order valence-corrected chi connectivity index (χ0v) is 27.4. The molecule has 1 aliphatic rings. The summed E-state index contributed by atoms with van der Waals surface area (Å²) in [6, 6.07) is 23.1. The van der Waals surface area contributed by atoms with Gasteiger partial charge in [-0.15, -0.1) is 0 Å². The number of fused-ring (bicyclic) bond motifs is 1. The van der Waals surface area contributed by atoms with Gasteiger partial charge >= 0.3 is 5.97 Å². The lowest BCUT2D eigenvalue weighted by Crippen LogP contribution is -2.30. The zero-order valence-electron chi connectivity index (χ0n) is 26.7. The Labute approximate surface area is 278 Å². The van der Waals surface area contributed by atoms with Gasteiger partial charge in [-0.2, -0.15) is 0 Å². The highest BCUT2D eigenvalue weighted by molar-refractivity contribution is 6.30. The fourth-order valence-electron chi connectivity index (χ4n) is 6.39. The number of carbonyl (C=O) groups is 2. The molecule has 1 aromatic heterocycles. The van der Waals surface area contributed by atoms with Crippen LogP contribution in [0.3, 0.4) is 0 Å². The highest BCUT2D eigenvalue weighted by Gasteiger charge is 2.25. The number of hydrogen-bond acceptors (Lipinski definition) is 4. The number of halogens is 2. The van der Waals surface area contributed by atoms with Crippen LogP contribution < -0.4 is 9.64 Å². The first-order valence-electron chi connectivity index (χ1n) is 15.9. The summed E-state index contributed by atoms with van der Waals surface area (Å²) in [5, 5.41) is 10.2. The van der Waals surface area contributed by atoms with Crippen molar-refractivity contribution in [3.05, 3.63) is 101 Å². The molecule has 0 aliphatic heterocycles. The van der Waals surface area contributed by atoms with Gasteiger partial charge < -0.3 is 19.3 Å². The number of nitrogens with zero attached hydrogens (tertiary/aromatic N) is 3. The SMILES string of the molecule is CC(C)C(=O)N(C)c1ccc(-c2ccc(Cl)cc2)c(COc2ccc(-c3nc4cc(C(=O)O)ccc4n3C3CCCCC3)c(F)c2)c1. The standard InChI is InChI=1S/C38H37ClFN3O4/c1-23(2)37(44)42(3)29-14-16-31(24-9-12-27(39)13-10-24)26(19-29)22-47-30-15-17-32(33(40)21-30)36-41-34-20-25(38(45)46)11-18-35(34)43(36)28-7-5-4-6-8-28/h9-21,23,28H,4-8,22H2,1-3H3,(H,45,46). The van der Waals surface area contributed by atoms with Crippen LogP contribution in [0.15, 0.2) is 78.9 Å². The molecule has 7 nitrogen and oxygen atoms in total. The minimum Gasteiger partial charge on any atom is -0.489 e. The van der Waals surface area contributed by atoms with Crippen molar-refractivity contribution < 1.29 is 23.8 Å². The van der Waals surface area contributed by atoms with Crippen LogP contribution >= 0.6 is 11.6 Å². The molecule has 47 heavy (non-hydrogen) atoms. The summed E-state index contributed by atoms with van der Waals surface area (Å²) in [4.78, 5) is 30.8. The second-order valence-corrected chi connectivity index (χ2v) is 12.9. The molecule has 1 heterocycles. The minimum absolute atomic E-state index is 0.00722. The first-order chi connectivity index (χ1) is 22.6. The number of carboxylic acids is 1. The minimum atomic E-state index is -1.03. The van der Waals surface area contributed by atoms with E-state index in [1.807, 2.05) is 56.3 Å². The van der Waals surface area contributed by atoms with Gasteiger partial charge in [0.05, 0.1) is 22.2 Å². The molecule has 1 saturated carbocycles. The van der Waals surface area contributed by atoms with E-state index in [1.54, 1.807) is 42.3 Å². The maximum Gasteiger partial charge on any atom is 0.335 e. The zero-order chi connectivity index (χ0) is 33.2. The summed E-state index contributed by atoms with van der Waals surface area (Å²) < 4.78 is 24.2. The lowest BCUT2D eigenvalue weighted by molar-refractivity contribution is -0.121. The maximum absolute atomic E-state index is 16.0. The number of benzene rings is 4. The average molecular weight is 654 g/mol. The average Bonchev–Trinajstić information content (AvgIpc) is 3.46. The fraction of sp³-hybridized carbons (Fsp3) is 0.289. The smallest absolute Gasteiger partial charge is 0.335 e. The van der Waals surface area contributed by atoms with Crippen molar-refractivity contribution >= 4 is 40.2 Å². The number of carbonyl (C=O) groups excluding carboxylic acids is 1. The maximum atomic E-state index is 16.0. The van der Waals surface area contributed by atoms with Crippen LogP contribution in [-0.2, 0) is 11.4 Å². The largest absolute Gasteiger partial charge is 0.489 e. The second-order valence-electron chi connectivity index (χ2n) is 12.4. The van der Waals surface area contributed by atoms with E-state index in [2.05, 4.69) is 4.57 Å². The Morgan fingerprint density at radius 3 is 2.38 bits per heavy atom. The van der Waals surface area contributed by atoms with Gasteiger partial charge in [-0.25, -0.2) is 14.2 Å². The van der Waals surface area contributed by atoms with Crippen LogP contribution in [0, 0.1) is 11.7 Å². The van der Waals surface area contributed by atoms with Gasteiger partial charge in [-0.3, -0.25) is 4.79 Å². The molecule has 0 radical (unpaired) electrons. The van der Waals surface area contributed by atoms with Crippen molar-refractivity contribution in [1.29, 1.82) is 0 Å². The summed E-state index contributed by atoms with van der Waals surface area (Å²) in [5.74, 6) is -0.860. The van der Waals surface area contributed by atoms with E-state index < -0.39 is 11.8 Å². The molecule has 6 rings (SSSR count). The van der Waals surface area contributed by atoms with E-state index in [0.717, 1.165) is 60.0 Å². The highest BCUT2D eigenvalue weighted by Crippen LogP contribution is 2.38. The van der Waals surface area contributed by atoms with E-state index >= 15 is 4.39 Å². The number of amides is 1. The molecule has 0 spiro atoms. The molecule has 1 N–H and O–H groups in total.